The van der Waals surface area contributed by atoms with Gasteiger partial charge in [0, 0.05) is 29.7 Å². The number of aromatic nitrogens is 2. The van der Waals surface area contributed by atoms with E-state index in [1.54, 1.807) is 12.0 Å². The number of fused-ring (bicyclic) bond motifs is 1. The highest BCUT2D eigenvalue weighted by Crippen LogP contribution is 2.49. The van der Waals surface area contributed by atoms with Gasteiger partial charge in [0.2, 0.25) is 11.8 Å². The summed E-state index contributed by atoms with van der Waals surface area (Å²) in [7, 11) is 1.58. The van der Waals surface area contributed by atoms with Gasteiger partial charge in [0.05, 0.1) is 29.0 Å². The molecule has 1 atom stereocenters. The largest absolute Gasteiger partial charge is 0.383 e. The Hall–Kier alpha value is -2.81. The lowest BCUT2D eigenvalue weighted by Gasteiger charge is -2.25. The molecule has 38 heavy (non-hydrogen) atoms. The second-order valence-electron chi connectivity index (χ2n) is 10.6. The molecule has 202 valence electrons. The number of nitrogens with zero attached hydrogens (tertiary/aromatic N) is 3. The summed E-state index contributed by atoms with van der Waals surface area (Å²) in [5.41, 5.74) is 5.38. The van der Waals surface area contributed by atoms with E-state index in [0.29, 0.717) is 24.0 Å². The Balaban J connectivity index is 2.00. The highest BCUT2D eigenvalue weighted by Gasteiger charge is 2.40. The summed E-state index contributed by atoms with van der Waals surface area (Å²) in [5, 5.41) is 8.40. The standard InChI is InChI=1S/C29H35ClN4O3S/c1-18-11-12-22(19(2)15-18)34-28-25(27(32-34)29(3,4)5)26(20-9-7-8-10-21(20)30)38-17-24(36)33(28)16-23(35)31-13-14-37-6/h7-12,15,26H,13-14,16-17H2,1-6H3,(H,31,35)/t26-/m0/s1. The van der Waals surface area contributed by atoms with Crippen LogP contribution in [0.4, 0.5) is 5.82 Å². The van der Waals surface area contributed by atoms with Crippen LogP contribution < -0.4 is 10.2 Å². The van der Waals surface area contributed by atoms with Gasteiger partial charge >= 0.3 is 0 Å². The molecule has 0 aliphatic carbocycles. The average molecular weight is 555 g/mol. The maximum atomic E-state index is 13.7. The van der Waals surface area contributed by atoms with Crippen molar-refractivity contribution in [2.75, 3.05) is 37.5 Å². The molecule has 9 heteroatoms. The van der Waals surface area contributed by atoms with Gasteiger partial charge in [0.15, 0.2) is 0 Å². The van der Waals surface area contributed by atoms with Crippen molar-refractivity contribution < 1.29 is 14.3 Å². The molecule has 0 unspecified atom stereocenters. The second-order valence-corrected chi connectivity index (χ2v) is 12.1. The maximum Gasteiger partial charge on any atom is 0.240 e. The first-order valence-electron chi connectivity index (χ1n) is 12.7. The molecule has 1 aliphatic rings. The van der Waals surface area contributed by atoms with Gasteiger partial charge in [-0.25, -0.2) is 4.68 Å². The van der Waals surface area contributed by atoms with Crippen LogP contribution in [-0.2, 0) is 19.7 Å². The van der Waals surface area contributed by atoms with Gasteiger partial charge in [-0.15, -0.1) is 11.8 Å². The maximum absolute atomic E-state index is 13.7. The van der Waals surface area contributed by atoms with Crippen molar-refractivity contribution in [2.24, 2.45) is 0 Å². The van der Waals surface area contributed by atoms with Crippen LogP contribution in [0.15, 0.2) is 42.5 Å². The first-order valence-corrected chi connectivity index (χ1v) is 14.1. The van der Waals surface area contributed by atoms with Gasteiger partial charge in [0.25, 0.3) is 0 Å². The van der Waals surface area contributed by atoms with Crippen molar-refractivity contribution in [3.63, 3.8) is 0 Å². The van der Waals surface area contributed by atoms with E-state index in [1.165, 1.54) is 11.8 Å². The van der Waals surface area contributed by atoms with Crippen molar-refractivity contribution in [3.8, 4) is 5.69 Å². The first-order chi connectivity index (χ1) is 18.0. The lowest BCUT2D eigenvalue weighted by molar-refractivity contribution is -0.123. The zero-order valence-electron chi connectivity index (χ0n) is 22.8. The minimum absolute atomic E-state index is 0.120. The Morgan fingerprint density at radius 2 is 1.95 bits per heavy atom. The minimum atomic E-state index is -0.340. The lowest BCUT2D eigenvalue weighted by Crippen LogP contribution is -2.43. The SMILES string of the molecule is COCCNC(=O)CN1C(=O)CS[C@@H](c2ccccc2Cl)c2c(C(C)(C)C)nn(-c3ccc(C)cc3C)c21. The fourth-order valence-corrected chi connectivity index (χ4v) is 6.25. The second kappa shape index (κ2) is 11.5. The van der Waals surface area contributed by atoms with Gasteiger partial charge in [-0.05, 0) is 37.1 Å². The number of anilines is 1. The van der Waals surface area contributed by atoms with Crippen molar-refractivity contribution in [3.05, 3.63) is 75.4 Å². The highest BCUT2D eigenvalue weighted by atomic mass is 35.5. The Labute approximate surface area is 233 Å². The Morgan fingerprint density at radius 3 is 2.61 bits per heavy atom. The summed E-state index contributed by atoms with van der Waals surface area (Å²) in [4.78, 5) is 28.3. The van der Waals surface area contributed by atoms with E-state index in [4.69, 9.17) is 21.4 Å². The van der Waals surface area contributed by atoms with E-state index < -0.39 is 0 Å². The third-order valence-electron chi connectivity index (χ3n) is 6.50. The number of halogens is 1. The number of hydrogen-bond donors (Lipinski definition) is 1. The smallest absolute Gasteiger partial charge is 0.240 e. The molecule has 4 rings (SSSR count). The van der Waals surface area contributed by atoms with Gasteiger partial charge in [-0.3, -0.25) is 14.5 Å². The number of carbonyl (C=O) groups excluding carboxylic acids is 2. The molecule has 2 heterocycles. The van der Waals surface area contributed by atoms with Crippen LogP contribution >= 0.6 is 23.4 Å². The molecule has 0 saturated carbocycles. The summed E-state index contributed by atoms with van der Waals surface area (Å²) in [6, 6.07) is 13.9. The zero-order chi connectivity index (χ0) is 27.6. The molecule has 2 aromatic carbocycles. The Morgan fingerprint density at radius 1 is 1.21 bits per heavy atom. The van der Waals surface area contributed by atoms with Crippen LogP contribution in [0.25, 0.3) is 5.69 Å². The quantitative estimate of drug-likeness (QED) is 0.397. The Bertz CT molecular complexity index is 1350. The van der Waals surface area contributed by atoms with E-state index in [1.807, 2.05) is 54.9 Å². The Kier molecular flexibility index (Phi) is 8.55. The average Bonchev–Trinajstić information content (AvgIpc) is 3.18. The van der Waals surface area contributed by atoms with Crippen LogP contribution in [-0.4, -0.2) is 54.2 Å². The molecule has 7 nitrogen and oxygen atoms in total. The van der Waals surface area contributed by atoms with Gasteiger partial charge in [-0.1, -0.05) is 68.3 Å². The van der Waals surface area contributed by atoms with E-state index in [0.717, 1.165) is 33.6 Å². The molecule has 0 bridgehead atoms. The normalized spacial score (nSPS) is 15.8. The van der Waals surface area contributed by atoms with Crippen LogP contribution in [0.2, 0.25) is 5.02 Å². The lowest BCUT2D eigenvalue weighted by atomic mass is 9.87. The zero-order valence-corrected chi connectivity index (χ0v) is 24.4. The first kappa shape index (κ1) is 28.2. The molecule has 0 radical (unpaired) electrons. The number of ether oxygens (including phenoxy) is 1. The molecule has 0 spiro atoms. The summed E-state index contributed by atoms with van der Waals surface area (Å²) >= 11 is 8.24. The molecular weight excluding hydrogens is 520 g/mol. The number of aryl methyl sites for hydroxylation is 2. The topological polar surface area (TPSA) is 76.5 Å². The number of rotatable bonds is 7. The fourth-order valence-electron chi connectivity index (χ4n) is 4.71. The molecule has 0 fully saturated rings. The van der Waals surface area contributed by atoms with Gasteiger partial charge < -0.3 is 10.1 Å². The van der Waals surface area contributed by atoms with E-state index in [9.17, 15) is 9.59 Å². The van der Waals surface area contributed by atoms with Crippen LogP contribution in [0.3, 0.4) is 0 Å². The monoisotopic (exact) mass is 554 g/mol. The molecule has 1 N–H and O–H groups in total. The third kappa shape index (κ3) is 5.77. The van der Waals surface area contributed by atoms with E-state index in [-0.39, 0.29) is 34.8 Å². The minimum Gasteiger partial charge on any atom is -0.383 e. The van der Waals surface area contributed by atoms with Crippen LogP contribution in [0, 0.1) is 13.8 Å². The highest BCUT2D eigenvalue weighted by molar-refractivity contribution is 8.00. The predicted molar refractivity (Wildman–Crippen MR) is 155 cm³/mol. The van der Waals surface area contributed by atoms with Crippen LogP contribution in [0.5, 0.6) is 0 Å². The number of nitrogens with one attached hydrogen (secondary N) is 1. The summed E-state index contributed by atoms with van der Waals surface area (Å²) < 4.78 is 6.92. The number of methoxy groups -OCH3 is 1. The molecular formula is C29H35ClN4O3S. The number of carbonyl (C=O) groups is 2. The van der Waals surface area contributed by atoms with E-state index >= 15 is 0 Å². The molecule has 2 amide bonds. The van der Waals surface area contributed by atoms with Crippen molar-refractivity contribution >= 4 is 41.0 Å². The molecule has 0 saturated heterocycles. The fraction of sp³-hybridized carbons (Fsp3) is 0.414. The van der Waals surface area contributed by atoms with Crippen LogP contribution in [0.1, 0.15) is 54.0 Å². The van der Waals surface area contributed by atoms with Crippen molar-refractivity contribution in [2.45, 2.75) is 45.3 Å². The number of hydrogen-bond acceptors (Lipinski definition) is 5. The molecule has 1 aliphatic heterocycles. The summed E-state index contributed by atoms with van der Waals surface area (Å²) in [6.45, 7) is 11.1. The third-order valence-corrected chi connectivity index (χ3v) is 8.08. The van der Waals surface area contributed by atoms with Crippen molar-refractivity contribution in [1.82, 2.24) is 15.1 Å². The van der Waals surface area contributed by atoms with Gasteiger partial charge in [0.1, 0.15) is 12.4 Å². The van der Waals surface area contributed by atoms with Gasteiger partial charge in [-0.2, -0.15) is 5.10 Å². The number of thioether (sulfide) groups is 1. The number of benzene rings is 2. The predicted octanol–water partition coefficient (Wildman–Crippen LogP) is 5.37. The van der Waals surface area contributed by atoms with E-state index in [2.05, 4.69) is 32.2 Å². The molecule has 3 aromatic rings. The molecule has 1 aromatic heterocycles. The summed E-state index contributed by atoms with van der Waals surface area (Å²) in [6.07, 6.45) is 0. The van der Waals surface area contributed by atoms with Crippen molar-refractivity contribution in [1.29, 1.82) is 0 Å². The summed E-state index contributed by atoms with van der Waals surface area (Å²) in [5.74, 6) is 0.405. The number of amides is 2.